The molecule has 0 unspecified atom stereocenters. The molecule has 0 radical (unpaired) electrons. The lowest BCUT2D eigenvalue weighted by Gasteiger charge is -2.10. The van der Waals surface area contributed by atoms with E-state index in [9.17, 15) is 9.59 Å². The number of carboxylic acid groups (broad SMARTS) is 1. The Morgan fingerprint density at radius 3 is 3.00 bits per heavy atom. The SMILES string of the molecule is COCc1nnc(N2C[C@@H](C(=O)O)CC2=O)s1. The molecule has 2 heterocycles. The zero-order valence-electron chi connectivity index (χ0n) is 9.12. The molecule has 17 heavy (non-hydrogen) atoms. The summed E-state index contributed by atoms with van der Waals surface area (Å²) in [7, 11) is 1.54. The number of carbonyl (C=O) groups excluding carboxylic acids is 1. The molecule has 92 valence electrons. The van der Waals surface area contributed by atoms with Crippen molar-refractivity contribution in [1.29, 1.82) is 0 Å². The van der Waals surface area contributed by atoms with E-state index in [0.29, 0.717) is 16.7 Å². The van der Waals surface area contributed by atoms with Crippen LogP contribution in [-0.4, -0.2) is 40.8 Å². The number of aromatic nitrogens is 2. The van der Waals surface area contributed by atoms with E-state index >= 15 is 0 Å². The predicted octanol–water partition coefficient (Wildman–Crippen LogP) is 0.122. The highest BCUT2D eigenvalue weighted by Gasteiger charge is 2.36. The van der Waals surface area contributed by atoms with E-state index < -0.39 is 11.9 Å². The number of aliphatic carboxylic acids is 1. The molecule has 1 aliphatic heterocycles. The second-order valence-electron chi connectivity index (χ2n) is 3.66. The minimum absolute atomic E-state index is 0.0223. The number of nitrogens with zero attached hydrogens (tertiary/aromatic N) is 3. The first-order valence-electron chi connectivity index (χ1n) is 4.96. The minimum Gasteiger partial charge on any atom is -0.481 e. The van der Waals surface area contributed by atoms with Crippen molar-refractivity contribution in [3.63, 3.8) is 0 Å². The molecular formula is C9H11N3O4S. The summed E-state index contributed by atoms with van der Waals surface area (Å²) in [6.07, 6.45) is 0.0223. The lowest BCUT2D eigenvalue weighted by molar-refractivity contribution is -0.141. The molecule has 0 aliphatic carbocycles. The molecule has 0 saturated carbocycles. The van der Waals surface area contributed by atoms with Crippen molar-refractivity contribution in [2.75, 3.05) is 18.6 Å². The third-order valence-corrected chi connectivity index (χ3v) is 3.35. The van der Waals surface area contributed by atoms with Gasteiger partial charge in [0, 0.05) is 20.1 Å². The quantitative estimate of drug-likeness (QED) is 0.823. The van der Waals surface area contributed by atoms with Crippen LogP contribution in [0.25, 0.3) is 0 Å². The molecule has 0 bridgehead atoms. The largest absolute Gasteiger partial charge is 0.481 e. The van der Waals surface area contributed by atoms with Crippen LogP contribution in [0.3, 0.4) is 0 Å². The van der Waals surface area contributed by atoms with Gasteiger partial charge in [-0.25, -0.2) is 0 Å². The second-order valence-corrected chi connectivity index (χ2v) is 4.70. The first-order valence-corrected chi connectivity index (χ1v) is 5.78. The second kappa shape index (κ2) is 4.76. The Morgan fingerprint density at radius 1 is 1.65 bits per heavy atom. The molecule has 1 aromatic heterocycles. The van der Waals surface area contributed by atoms with E-state index in [-0.39, 0.29) is 18.9 Å². The number of ether oxygens (including phenoxy) is 1. The number of carboxylic acids is 1. The molecular weight excluding hydrogens is 246 g/mol. The molecule has 7 nitrogen and oxygen atoms in total. The van der Waals surface area contributed by atoms with Gasteiger partial charge in [0.05, 0.1) is 5.92 Å². The Kier molecular flexibility index (Phi) is 3.34. The number of hydrogen-bond acceptors (Lipinski definition) is 6. The smallest absolute Gasteiger partial charge is 0.308 e. The summed E-state index contributed by atoms with van der Waals surface area (Å²) in [5.41, 5.74) is 0. The highest BCUT2D eigenvalue weighted by Crippen LogP contribution is 2.28. The molecule has 0 spiro atoms. The zero-order valence-corrected chi connectivity index (χ0v) is 9.94. The molecule has 2 rings (SSSR count). The summed E-state index contributed by atoms with van der Waals surface area (Å²) >= 11 is 1.24. The van der Waals surface area contributed by atoms with Gasteiger partial charge in [-0.05, 0) is 0 Å². The van der Waals surface area contributed by atoms with E-state index in [0.717, 1.165) is 0 Å². The maximum Gasteiger partial charge on any atom is 0.308 e. The fraction of sp³-hybridized carbons (Fsp3) is 0.556. The summed E-state index contributed by atoms with van der Waals surface area (Å²) in [5.74, 6) is -1.84. The fourth-order valence-electron chi connectivity index (χ4n) is 1.59. The van der Waals surface area contributed by atoms with Gasteiger partial charge in [-0.2, -0.15) is 0 Å². The zero-order chi connectivity index (χ0) is 12.4. The summed E-state index contributed by atoms with van der Waals surface area (Å²) in [4.78, 5) is 23.8. The Balaban J connectivity index is 2.11. The highest BCUT2D eigenvalue weighted by molar-refractivity contribution is 7.15. The van der Waals surface area contributed by atoms with Crippen LogP contribution in [0.2, 0.25) is 0 Å². The Labute approximate surface area is 101 Å². The van der Waals surface area contributed by atoms with Crippen molar-refractivity contribution in [2.24, 2.45) is 5.92 Å². The monoisotopic (exact) mass is 257 g/mol. The van der Waals surface area contributed by atoms with Crippen LogP contribution in [0.4, 0.5) is 5.13 Å². The number of anilines is 1. The molecule has 8 heteroatoms. The van der Waals surface area contributed by atoms with Gasteiger partial charge in [0.25, 0.3) is 0 Å². The molecule has 0 aromatic carbocycles. The van der Waals surface area contributed by atoms with E-state index in [2.05, 4.69) is 10.2 Å². The highest BCUT2D eigenvalue weighted by atomic mass is 32.1. The maximum atomic E-state index is 11.6. The van der Waals surface area contributed by atoms with Crippen molar-refractivity contribution >= 4 is 28.3 Å². The number of hydrogen-bond donors (Lipinski definition) is 1. The predicted molar refractivity (Wildman–Crippen MR) is 58.7 cm³/mol. The van der Waals surface area contributed by atoms with Crippen LogP contribution in [0.15, 0.2) is 0 Å². The number of rotatable bonds is 4. The van der Waals surface area contributed by atoms with Gasteiger partial charge in [-0.3, -0.25) is 14.5 Å². The number of carbonyl (C=O) groups is 2. The summed E-state index contributed by atoms with van der Waals surface area (Å²) < 4.78 is 4.90. The summed E-state index contributed by atoms with van der Waals surface area (Å²) in [6.45, 7) is 0.498. The van der Waals surface area contributed by atoms with Crippen molar-refractivity contribution in [1.82, 2.24) is 10.2 Å². The number of methoxy groups -OCH3 is 1. The Bertz CT molecular complexity index is 447. The van der Waals surface area contributed by atoms with Crippen molar-refractivity contribution in [3.05, 3.63) is 5.01 Å². The van der Waals surface area contributed by atoms with Crippen LogP contribution < -0.4 is 4.90 Å². The molecule has 1 aliphatic rings. The van der Waals surface area contributed by atoms with Gasteiger partial charge < -0.3 is 9.84 Å². The van der Waals surface area contributed by atoms with Crippen LogP contribution in [0.5, 0.6) is 0 Å². The fourth-order valence-corrected chi connectivity index (χ4v) is 2.43. The lowest BCUT2D eigenvalue weighted by atomic mass is 10.1. The van der Waals surface area contributed by atoms with E-state index in [1.54, 1.807) is 7.11 Å². The summed E-state index contributed by atoms with van der Waals surface area (Å²) in [6, 6.07) is 0. The Morgan fingerprint density at radius 2 is 2.41 bits per heavy atom. The van der Waals surface area contributed by atoms with Gasteiger partial charge in [-0.15, -0.1) is 10.2 Å². The summed E-state index contributed by atoms with van der Waals surface area (Å²) in [5, 5.41) is 17.7. The standard InChI is InChI=1S/C9H11N3O4S/c1-16-4-6-10-11-9(17-6)12-3-5(8(14)15)2-7(12)13/h5H,2-4H2,1H3,(H,14,15)/t5-/m0/s1. The molecule has 1 N–H and O–H groups in total. The van der Waals surface area contributed by atoms with Gasteiger partial charge in [0.15, 0.2) is 0 Å². The molecule has 1 fully saturated rings. The van der Waals surface area contributed by atoms with Gasteiger partial charge in [-0.1, -0.05) is 11.3 Å². The lowest BCUT2D eigenvalue weighted by Crippen LogP contribution is -2.25. The van der Waals surface area contributed by atoms with Crippen molar-refractivity contribution < 1.29 is 19.4 Å². The number of amides is 1. The first kappa shape index (κ1) is 11.9. The molecule has 1 saturated heterocycles. The van der Waals surface area contributed by atoms with Crippen molar-refractivity contribution in [2.45, 2.75) is 13.0 Å². The van der Waals surface area contributed by atoms with Crippen molar-refractivity contribution in [3.8, 4) is 0 Å². The third kappa shape index (κ3) is 2.42. The average Bonchev–Trinajstić information content (AvgIpc) is 2.85. The minimum atomic E-state index is -0.956. The van der Waals surface area contributed by atoms with E-state index in [1.165, 1.54) is 16.2 Å². The third-order valence-electron chi connectivity index (χ3n) is 2.43. The van der Waals surface area contributed by atoms with Crippen LogP contribution in [-0.2, 0) is 20.9 Å². The Hall–Kier alpha value is -1.54. The van der Waals surface area contributed by atoms with E-state index in [1.807, 2.05) is 0 Å². The van der Waals surface area contributed by atoms with Gasteiger partial charge in [0.2, 0.25) is 11.0 Å². The maximum absolute atomic E-state index is 11.6. The topological polar surface area (TPSA) is 92.6 Å². The average molecular weight is 257 g/mol. The molecule has 1 atom stereocenters. The van der Waals surface area contributed by atoms with Crippen LogP contribution >= 0.6 is 11.3 Å². The molecule has 1 amide bonds. The van der Waals surface area contributed by atoms with Crippen LogP contribution in [0, 0.1) is 5.92 Å². The van der Waals surface area contributed by atoms with E-state index in [4.69, 9.17) is 9.84 Å². The molecule has 1 aromatic rings. The van der Waals surface area contributed by atoms with Crippen LogP contribution in [0.1, 0.15) is 11.4 Å². The normalized spacial score (nSPS) is 19.9. The van der Waals surface area contributed by atoms with Gasteiger partial charge >= 0.3 is 5.97 Å². The first-order chi connectivity index (χ1) is 8.11. The van der Waals surface area contributed by atoms with Gasteiger partial charge in [0.1, 0.15) is 11.6 Å².